The molecule has 0 spiro atoms. The number of aromatic hydroxyl groups is 1. The molecule has 2 heterocycles. The minimum absolute atomic E-state index is 0.143. The summed E-state index contributed by atoms with van der Waals surface area (Å²) in [4.78, 5) is 15.2. The first-order valence-corrected chi connectivity index (χ1v) is 9.18. The van der Waals surface area contributed by atoms with Crippen molar-refractivity contribution in [1.29, 1.82) is 0 Å². The van der Waals surface area contributed by atoms with Gasteiger partial charge in [0.05, 0.1) is 11.1 Å². The van der Waals surface area contributed by atoms with Crippen molar-refractivity contribution in [2.75, 3.05) is 13.1 Å². The predicted molar refractivity (Wildman–Crippen MR) is 102 cm³/mol. The van der Waals surface area contributed by atoms with Crippen molar-refractivity contribution in [1.82, 2.24) is 4.90 Å². The minimum Gasteiger partial charge on any atom is -0.507 e. The average Bonchev–Trinajstić information content (AvgIpc) is 3.22. The highest BCUT2D eigenvalue weighted by Crippen LogP contribution is 2.42. The second kappa shape index (κ2) is 6.78. The number of hydrogen-bond donors (Lipinski definition) is 1. The van der Waals surface area contributed by atoms with Crippen LogP contribution in [0.2, 0.25) is 5.02 Å². The fraction of sp³-hybridized carbons (Fsp3) is 0.286. The zero-order valence-corrected chi connectivity index (χ0v) is 15.3. The number of halogens is 1. The fourth-order valence-electron chi connectivity index (χ4n) is 3.61. The third kappa shape index (κ3) is 3.11. The van der Waals surface area contributed by atoms with Gasteiger partial charge in [0.25, 0.3) is 0 Å². The van der Waals surface area contributed by atoms with Gasteiger partial charge in [0, 0.05) is 11.6 Å². The summed E-state index contributed by atoms with van der Waals surface area (Å²) in [5.74, 6) is 0.821. The Kier molecular flexibility index (Phi) is 4.47. The van der Waals surface area contributed by atoms with Gasteiger partial charge in [-0.3, -0.25) is 9.69 Å². The number of carbonyl (C=O) groups is 1. The summed E-state index contributed by atoms with van der Waals surface area (Å²) in [7, 11) is 0. The van der Waals surface area contributed by atoms with Crippen LogP contribution >= 0.6 is 11.6 Å². The highest BCUT2D eigenvalue weighted by atomic mass is 35.5. The number of benzene rings is 2. The number of carbonyl (C=O) groups excluding carboxylic acids is 1. The standard InChI is InChI=1S/C21H20ClNO3/c1-13-10-17(24)16(12-23-8-2-3-9-23)21-19(13)20(25)18(26-21)11-14-4-6-15(22)7-5-14/h4-7,10-11,24H,2-3,8-9,12H2,1H3/b18-11-. The average molecular weight is 370 g/mol. The molecule has 2 aliphatic heterocycles. The van der Waals surface area contributed by atoms with Crippen LogP contribution in [0.4, 0.5) is 0 Å². The molecule has 2 aromatic rings. The SMILES string of the molecule is Cc1cc(O)c(CN2CCCC2)c2c1C(=O)/C(=C/c1ccc(Cl)cc1)O2. The molecule has 1 fully saturated rings. The highest BCUT2D eigenvalue weighted by Gasteiger charge is 2.33. The summed E-state index contributed by atoms with van der Waals surface area (Å²) in [6, 6.07) is 8.89. The molecule has 1 saturated heterocycles. The Morgan fingerprint density at radius 3 is 2.62 bits per heavy atom. The van der Waals surface area contributed by atoms with Crippen LogP contribution in [0.3, 0.4) is 0 Å². The molecule has 0 radical (unpaired) electrons. The first-order chi connectivity index (χ1) is 12.5. The third-order valence-electron chi connectivity index (χ3n) is 4.97. The molecular weight excluding hydrogens is 350 g/mol. The van der Waals surface area contributed by atoms with Gasteiger partial charge < -0.3 is 9.84 Å². The van der Waals surface area contributed by atoms with Crippen LogP contribution in [0, 0.1) is 6.92 Å². The second-order valence-corrected chi connectivity index (χ2v) is 7.31. The Labute approximate surface area is 157 Å². The van der Waals surface area contributed by atoms with Crippen molar-refractivity contribution >= 4 is 23.5 Å². The zero-order chi connectivity index (χ0) is 18.3. The van der Waals surface area contributed by atoms with Gasteiger partial charge in [-0.25, -0.2) is 0 Å². The van der Waals surface area contributed by atoms with Gasteiger partial charge in [-0.15, -0.1) is 0 Å². The van der Waals surface area contributed by atoms with Gasteiger partial charge in [0.1, 0.15) is 11.5 Å². The van der Waals surface area contributed by atoms with E-state index in [4.69, 9.17) is 16.3 Å². The molecule has 134 valence electrons. The lowest BCUT2D eigenvalue weighted by molar-refractivity contribution is 0.101. The van der Waals surface area contributed by atoms with Gasteiger partial charge in [-0.2, -0.15) is 0 Å². The zero-order valence-electron chi connectivity index (χ0n) is 14.6. The van der Waals surface area contributed by atoms with E-state index in [0.29, 0.717) is 28.4 Å². The molecule has 4 nitrogen and oxygen atoms in total. The quantitative estimate of drug-likeness (QED) is 0.805. The smallest absolute Gasteiger partial charge is 0.232 e. The number of ether oxygens (including phenoxy) is 1. The Hall–Kier alpha value is -2.30. The maximum atomic E-state index is 12.9. The van der Waals surface area contributed by atoms with E-state index in [1.54, 1.807) is 24.3 Å². The molecule has 2 aliphatic rings. The lowest BCUT2D eigenvalue weighted by Crippen LogP contribution is -2.19. The van der Waals surface area contributed by atoms with E-state index in [9.17, 15) is 9.90 Å². The molecule has 0 bridgehead atoms. The molecule has 2 aromatic carbocycles. The van der Waals surface area contributed by atoms with Crippen molar-refractivity contribution in [3.8, 4) is 11.5 Å². The molecule has 0 atom stereocenters. The summed E-state index contributed by atoms with van der Waals surface area (Å²) < 4.78 is 5.95. The van der Waals surface area contributed by atoms with Gasteiger partial charge >= 0.3 is 0 Å². The fourth-order valence-corrected chi connectivity index (χ4v) is 3.73. The van der Waals surface area contributed by atoms with Crippen LogP contribution < -0.4 is 4.74 Å². The molecule has 26 heavy (non-hydrogen) atoms. The van der Waals surface area contributed by atoms with E-state index in [1.807, 2.05) is 19.1 Å². The second-order valence-electron chi connectivity index (χ2n) is 6.87. The van der Waals surface area contributed by atoms with Crippen LogP contribution in [-0.2, 0) is 6.54 Å². The van der Waals surface area contributed by atoms with Crippen molar-refractivity contribution in [2.45, 2.75) is 26.3 Å². The lowest BCUT2D eigenvalue weighted by atomic mass is 9.99. The van der Waals surface area contributed by atoms with Crippen LogP contribution in [0.15, 0.2) is 36.1 Å². The normalized spacial score (nSPS) is 18.4. The van der Waals surface area contributed by atoms with E-state index in [2.05, 4.69) is 4.90 Å². The first-order valence-electron chi connectivity index (χ1n) is 8.80. The minimum atomic E-state index is -0.143. The molecule has 0 amide bonds. The van der Waals surface area contributed by atoms with Gasteiger partial charge in [-0.1, -0.05) is 23.7 Å². The number of hydrogen-bond acceptors (Lipinski definition) is 4. The predicted octanol–water partition coefficient (Wildman–Crippen LogP) is 4.57. The number of phenolic OH excluding ortho intramolecular Hbond substituents is 1. The number of ketones is 1. The molecule has 0 unspecified atom stereocenters. The molecule has 0 aromatic heterocycles. The van der Waals surface area contributed by atoms with Crippen molar-refractivity contribution < 1.29 is 14.6 Å². The number of allylic oxidation sites excluding steroid dienone is 1. The van der Waals surface area contributed by atoms with Crippen molar-refractivity contribution in [2.24, 2.45) is 0 Å². The van der Waals surface area contributed by atoms with E-state index in [0.717, 1.165) is 37.1 Å². The topological polar surface area (TPSA) is 49.8 Å². The first kappa shape index (κ1) is 17.1. The monoisotopic (exact) mass is 369 g/mol. The van der Waals surface area contributed by atoms with Gasteiger partial charge in [-0.05, 0) is 68.3 Å². The number of fused-ring (bicyclic) bond motifs is 1. The van der Waals surface area contributed by atoms with Crippen molar-refractivity contribution in [3.63, 3.8) is 0 Å². The maximum Gasteiger partial charge on any atom is 0.232 e. The van der Waals surface area contributed by atoms with E-state index in [-0.39, 0.29) is 17.3 Å². The van der Waals surface area contributed by atoms with Crippen molar-refractivity contribution in [3.05, 3.63) is 63.4 Å². The van der Waals surface area contributed by atoms with Crippen LogP contribution in [0.1, 0.15) is 39.9 Å². The van der Waals surface area contributed by atoms with Gasteiger partial charge in [0.2, 0.25) is 5.78 Å². The Bertz CT molecular complexity index is 896. The van der Waals surface area contributed by atoms with E-state index in [1.165, 1.54) is 0 Å². The van der Waals surface area contributed by atoms with Crippen LogP contribution in [-0.4, -0.2) is 28.9 Å². The molecule has 0 saturated carbocycles. The third-order valence-corrected chi connectivity index (χ3v) is 5.22. The number of Topliss-reactive ketones (excluding diaryl/α,β-unsaturated/α-hetero) is 1. The number of aryl methyl sites for hydroxylation is 1. The molecule has 5 heteroatoms. The maximum absolute atomic E-state index is 12.9. The summed E-state index contributed by atoms with van der Waals surface area (Å²) in [5.41, 5.74) is 2.82. The van der Waals surface area contributed by atoms with Gasteiger partial charge in [0.15, 0.2) is 5.76 Å². The molecule has 0 aliphatic carbocycles. The van der Waals surface area contributed by atoms with Crippen LogP contribution in [0.25, 0.3) is 6.08 Å². The molecule has 4 rings (SSSR count). The van der Waals surface area contributed by atoms with E-state index >= 15 is 0 Å². The highest BCUT2D eigenvalue weighted by molar-refractivity contribution is 6.30. The van der Waals surface area contributed by atoms with Crippen LogP contribution in [0.5, 0.6) is 11.5 Å². The summed E-state index contributed by atoms with van der Waals surface area (Å²) >= 11 is 5.92. The Balaban J connectivity index is 1.72. The molecular formula is C21H20ClNO3. The summed E-state index contributed by atoms with van der Waals surface area (Å²) in [5, 5.41) is 11.1. The largest absolute Gasteiger partial charge is 0.507 e. The number of rotatable bonds is 3. The number of phenols is 1. The summed E-state index contributed by atoms with van der Waals surface area (Å²) in [6.45, 7) is 4.42. The lowest BCUT2D eigenvalue weighted by Gasteiger charge is -2.18. The summed E-state index contributed by atoms with van der Waals surface area (Å²) in [6.07, 6.45) is 4.04. The Morgan fingerprint density at radius 2 is 1.92 bits per heavy atom. The number of nitrogens with zero attached hydrogens (tertiary/aromatic N) is 1. The number of likely N-dealkylation sites (tertiary alicyclic amines) is 1. The Morgan fingerprint density at radius 1 is 1.23 bits per heavy atom. The van der Waals surface area contributed by atoms with E-state index < -0.39 is 0 Å². The molecule has 1 N–H and O–H groups in total.